The quantitative estimate of drug-likeness (QED) is 0.485. The number of hydrogen-bond acceptors (Lipinski definition) is 0. The fourth-order valence-corrected chi connectivity index (χ4v) is 1.80. The largest absolute Gasteiger partial charge is 0.0850 e. The van der Waals surface area contributed by atoms with E-state index in [-0.39, 0.29) is 0 Å². The molecule has 0 aromatic carbocycles. The Kier molecular flexibility index (Phi) is 4.38. The second-order valence-corrected chi connectivity index (χ2v) is 5.44. The summed E-state index contributed by atoms with van der Waals surface area (Å²) in [5, 5.41) is 0. The van der Waals surface area contributed by atoms with E-state index in [2.05, 4.69) is 52.0 Å². The van der Waals surface area contributed by atoms with Gasteiger partial charge in [0.25, 0.3) is 0 Å². The van der Waals surface area contributed by atoms with Gasteiger partial charge in [0.1, 0.15) is 0 Å². The van der Waals surface area contributed by atoms with Crippen molar-refractivity contribution < 1.29 is 0 Å². The van der Waals surface area contributed by atoms with E-state index in [1.165, 1.54) is 24.0 Å². The van der Waals surface area contributed by atoms with Gasteiger partial charge in [-0.2, -0.15) is 0 Å². The minimum absolute atomic E-state index is 0.311. The summed E-state index contributed by atoms with van der Waals surface area (Å²) in [5.41, 5.74) is 3.34. The Balaban J connectivity index is 2.79. The van der Waals surface area contributed by atoms with Crippen LogP contribution in [0.4, 0.5) is 0 Å². The lowest BCUT2D eigenvalue weighted by Crippen LogP contribution is -2.05. The van der Waals surface area contributed by atoms with Crippen molar-refractivity contribution in [3.8, 4) is 0 Å². The first-order valence-electron chi connectivity index (χ1n) is 5.98. The van der Waals surface area contributed by atoms with Gasteiger partial charge in [-0.1, -0.05) is 49.3 Å². The molecule has 0 spiro atoms. The summed E-state index contributed by atoms with van der Waals surface area (Å²) in [4.78, 5) is 0. The van der Waals surface area contributed by atoms with E-state index in [1.54, 1.807) is 0 Å². The SMILES string of the molecule is CC1=CCC(C)(C)/C=C/C/C(C)=C/CC1. The molecule has 0 aliphatic heterocycles. The lowest BCUT2D eigenvalue weighted by Gasteiger charge is -2.18. The Hall–Kier alpha value is -0.780. The lowest BCUT2D eigenvalue weighted by atomic mass is 9.87. The van der Waals surface area contributed by atoms with Crippen molar-refractivity contribution in [3.05, 3.63) is 35.5 Å². The Labute approximate surface area is 94.8 Å². The highest BCUT2D eigenvalue weighted by atomic mass is 14.2. The molecular formula is C15H24. The average molecular weight is 204 g/mol. The normalized spacial score (nSPS) is 28.3. The smallest absolute Gasteiger partial charge is 0.0140 e. The molecule has 84 valence electrons. The fraction of sp³-hybridized carbons (Fsp3) is 0.600. The highest BCUT2D eigenvalue weighted by Crippen LogP contribution is 2.25. The van der Waals surface area contributed by atoms with Crippen molar-refractivity contribution in [1.82, 2.24) is 0 Å². The zero-order valence-electron chi connectivity index (χ0n) is 10.6. The van der Waals surface area contributed by atoms with E-state index in [4.69, 9.17) is 0 Å². The molecule has 1 aliphatic carbocycles. The molecule has 0 N–H and O–H groups in total. The summed E-state index contributed by atoms with van der Waals surface area (Å²) in [5.74, 6) is 0. The van der Waals surface area contributed by atoms with Crippen molar-refractivity contribution >= 4 is 0 Å². The Morgan fingerprint density at radius 2 is 1.80 bits per heavy atom. The number of allylic oxidation sites excluding steroid dienone is 6. The first-order chi connectivity index (χ1) is 6.99. The molecule has 0 atom stereocenters. The molecule has 0 amide bonds. The van der Waals surface area contributed by atoms with Gasteiger partial charge in [-0.25, -0.2) is 0 Å². The molecule has 1 aliphatic rings. The minimum atomic E-state index is 0.311. The molecule has 0 bridgehead atoms. The van der Waals surface area contributed by atoms with Crippen LogP contribution in [0.2, 0.25) is 0 Å². The average Bonchev–Trinajstić information content (AvgIpc) is 2.15. The molecule has 0 unspecified atom stereocenters. The third kappa shape index (κ3) is 5.01. The van der Waals surface area contributed by atoms with Crippen LogP contribution in [0, 0.1) is 5.41 Å². The highest BCUT2D eigenvalue weighted by Gasteiger charge is 2.11. The van der Waals surface area contributed by atoms with E-state index < -0.39 is 0 Å². The van der Waals surface area contributed by atoms with Gasteiger partial charge in [-0.3, -0.25) is 0 Å². The fourth-order valence-electron chi connectivity index (χ4n) is 1.80. The molecule has 15 heavy (non-hydrogen) atoms. The van der Waals surface area contributed by atoms with Gasteiger partial charge in [0.15, 0.2) is 0 Å². The third-order valence-electron chi connectivity index (χ3n) is 3.02. The van der Waals surface area contributed by atoms with Gasteiger partial charge in [0.05, 0.1) is 0 Å². The maximum atomic E-state index is 2.40. The van der Waals surface area contributed by atoms with Crippen LogP contribution in [-0.2, 0) is 0 Å². The van der Waals surface area contributed by atoms with E-state index in [9.17, 15) is 0 Å². The molecule has 0 fully saturated rings. The van der Waals surface area contributed by atoms with Gasteiger partial charge in [0.2, 0.25) is 0 Å². The van der Waals surface area contributed by atoms with E-state index in [0.717, 1.165) is 12.8 Å². The Morgan fingerprint density at radius 1 is 1.07 bits per heavy atom. The molecule has 0 aromatic rings. The summed E-state index contributed by atoms with van der Waals surface area (Å²) < 4.78 is 0. The van der Waals surface area contributed by atoms with Crippen molar-refractivity contribution in [2.45, 2.75) is 53.4 Å². The molecule has 1 rings (SSSR count). The molecular weight excluding hydrogens is 180 g/mol. The highest BCUT2D eigenvalue weighted by molar-refractivity contribution is 5.12. The lowest BCUT2D eigenvalue weighted by molar-refractivity contribution is 0.486. The van der Waals surface area contributed by atoms with Crippen LogP contribution in [0.1, 0.15) is 53.4 Å². The van der Waals surface area contributed by atoms with Crippen LogP contribution < -0.4 is 0 Å². The molecule has 0 heterocycles. The van der Waals surface area contributed by atoms with Crippen LogP contribution in [0.3, 0.4) is 0 Å². The predicted octanol–water partition coefficient (Wildman–Crippen LogP) is 5.04. The maximum Gasteiger partial charge on any atom is -0.0140 e. The standard InChI is InChI=1S/C15H24/c1-13-7-5-8-14(2)10-12-15(3,4)11-6-9-13/h6-7,10-11H,5,8-9,12H2,1-4H3/b11-6+,13-7+,14-10?. The first-order valence-corrected chi connectivity index (χ1v) is 5.98. The Morgan fingerprint density at radius 3 is 2.53 bits per heavy atom. The third-order valence-corrected chi connectivity index (χ3v) is 3.02. The summed E-state index contributed by atoms with van der Waals surface area (Å²) in [6.45, 7) is 9.10. The van der Waals surface area contributed by atoms with E-state index in [0.29, 0.717) is 5.41 Å². The molecule has 0 aromatic heterocycles. The minimum Gasteiger partial charge on any atom is -0.0850 e. The van der Waals surface area contributed by atoms with Crippen LogP contribution in [-0.4, -0.2) is 0 Å². The Bertz CT molecular complexity index is 287. The van der Waals surface area contributed by atoms with Gasteiger partial charge in [-0.05, 0) is 44.9 Å². The molecule has 0 heteroatoms. The van der Waals surface area contributed by atoms with Crippen LogP contribution in [0.5, 0.6) is 0 Å². The van der Waals surface area contributed by atoms with Crippen molar-refractivity contribution in [2.24, 2.45) is 5.41 Å². The van der Waals surface area contributed by atoms with Crippen LogP contribution >= 0.6 is 0 Å². The summed E-state index contributed by atoms with van der Waals surface area (Å²) in [7, 11) is 0. The van der Waals surface area contributed by atoms with Gasteiger partial charge in [-0.15, -0.1) is 0 Å². The van der Waals surface area contributed by atoms with E-state index in [1.807, 2.05) is 0 Å². The molecule has 0 nitrogen and oxygen atoms in total. The zero-order valence-corrected chi connectivity index (χ0v) is 10.6. The van der Waals surface area contributed by atoms with Crippen molar-refractivity contribution in [1.29, 1.82) is 0 Å². The monoisotopic (exact) mass is 204 g/mol. The molecule has 0 radical (unpaired) electrons. The molecule has 0 saturated carbocycles. The maximum absolute atomic E-state index is 2.40. The summed E-state index contributed by atoms with van der Waals surface area (Å²) in [6, 6.07) is 0. The second kappa shape index (κ2) is 5.34. The first kappa shape index (κ1) is 12.3. The van der Waals surface area contributed by atoms with Crippen molar-refractivity contribution in [3.63, 3.8) is 0 Å². The van der Waals surface area contributed by atoms with Crippen LogP contribution in [0.25, 0.3) is 0 Å². The number of rotatable bonds is 0. The topological polar surface area (TPSA) is 0 Å². The molecule has 0 saturated heterocycles. The van der Waals surface area contributed by atoms with Crippen molar-refractivity contribution in [2.75, 3.05) is 0 Å². The van der Waals surface area contributed by atoms with Crippen LogP contribution in [0.15, 0.2) is 35.5 Å². The van der Waals surface area contributed by atoms with Gasteiger partial charge >= 0.3 is 0 Å². The van der Waals surface area contributed by atoms with Gasteiger partial charge in [0, 0.05) is 0 Å². The van der Waals surface area contributed by atoms with Gasteiger partial charge < -0.3 is 0 Å². The second-order valence-electron chi connectivity index (χ2n) is 5.44. The summed E-state index contributed by atoms with van der Waals surface area (Å²) in [6.07, 6.45) is 14.1. The number of hydrogen-bond donors (Lipinski definition) is 0. The predicted molar refractivity (Wildman–Crippen MR) is 68.9 cm³/mol. The summed E-state index contributed by atoms with van der Waals surface area (Å²) >= 11 is 0. The van der Waals surface area contributed by atoms with E-state index >= 15 is 0 Å². The zero-order chi connectivity index (χ0) is 11.3.